The van der Waals surface area contributed by atoms with Crippen molar-refractivity contribution in [1.82, 2.24) is 30.4 Å². The minimum atomic E-state index is -0.206. The lowest BCUT2D eigenvalue weighted by Gasteiger charge is -2.22. The van der Waals surface area contributed by atoms with E-state index in [0.29, 0.717) is 6.54 Å². The molecule has 2 amide bonds. The van der Waals surface area contributed by atoms with Crippen LogP contribution in [-0.4, -0.2) is 25.8 Å². The molecular weight excluding hydrogens is 292 g/mol. The van der Waals surface area contributed by atoms with E-state index < -0.39 is 0 Å². The van der Waals surface area contributed by atoms with E-state index in [1.807, 2.05) is 12.1 Å². The van der Waals surface area contributed by atoms with Gasteiger partial charge in [-0.25, -0.2) is 4.79 Å². The van der Waals surface area contributed by atoms with E-state index in [1.54, 1.807) is 12.4 Å². The first kappa shape index (κ1) is 15.5. The zero-order valence-electron chi connectivity index (χ0n) is 13.5. The molecule has 23 heavy (non-hydrogen) atoms. The van der Waals surface area contributed by atoms with E-state index in [0.717, 1.165) is 36.6 Å². The van der Waals surface area contributed by atoms with Crippen LogP contribution in [0, 0.1) is 5.92 Å². The van der Waals surface area contributed by atoms with Gasteiger partial charge in [0.25, 0.3) is 0 Å². The smallest absolute Gasteiger partial charge is 0.315 e. The summed E-state index contributed by atoms with van der Waals surface area (Å²) in [4.78, 5) is 16.3. The Hall–Kier alpha value is -2.44. The number of aromatic nitrogens is 4. The van der Waals surface area contributed by atoms with E-state index in [2.05, 4.69) is 44.2 Å². The molecule has 1 aliphatic rings. The summed E-state index contributed by atoms with van der Waals surface area (Å²) < 4.78 is 2.13. The molecule has 7 nitrogen and oxygen atoms in total. The number of carbonyl (C=O) groups excluding carboxylic acids is 1. The second-order valence-corrected chi connectivity index (χ2v) is 6.14. The highest BCUT2D eigenvalue weighted by atomic mass is 16.2. The molecule has 0 aliphatic carbocycles. The fourth-order valence-electron chi connectivity index (χ4n) is 2.81. The van der Waals surface area contributed by atoms with Gasteiger partial charge in [-0.05, 0) is 24.0 Å². The summed E-state index contributed by atoms with van der Waals surface area (Å²) in [7, 11) is 0. The Labute approximate surface area is 135 Å². The zero-order valence-corrected chi connectivity index (χ0v) is 13.5. The van der Waals surface area contributed by atoms with Crippen LogP contribution in [0.25, 0.3) is 0 Å². The molecule has 2 aromatic rings. The maximum absolute atomic E-state index is 12.2. The molecule has 7 heteroatoms. The quantitative estimate of drug-likeness (QED) is 0.881. The Bertz CT molecular complexity index is 666. The van der Waals surface area contributed by atoms with Gasteiger partial charge in [-0.2, -0.15) is 0 Å². The second-order valence-electron chi connectivity index (χ2n) is 6.14. The third kappa shape index (κ3) is 3.49. The average molecular weight is 314 g/mol. The van der Waals surface area contributed by atoms with Gasteiger partial charge in [-0.15, -0.1) is 10.2 Å². The number of fused-ring (bicyclic) bond motifs is 1. The third-order valence-corrected chi connectivity index (χ3v) is 4.05. The molecule has 0 unspecified atom stereocenters. The van der Waals surface area contributed by atoms with E-state index in [1.165, 1.54) is 0 Å². The Morgan fingerprint density at radius 3 is 3.00 bits per heavy atom. The zero-order chi connectivity index (χ0) is 16.2. The summed E-state index contributed by atoms with van der Waals surface area (Å²) in [6.07, 6.45) is 5.51. The van der Waals surface area contributed by atoms with Crippen molar-refractivity contribution in [2.45, 2.75) is 45.8 Å². The van der Waals surface area contributed by atoms with Gasteiger partial charge in [0.1, 0.15) is 5.82 Å². The number of amides is 2. The molecule has 2 N–H and O–H groups in total. The average Bonchev–Trinajstić information content (AvgIpc) is 3.15. The number of rotatable bonds is 5. The molecule has 3 rings (SSSR count). The SMILES string of the molecule is CC(C)[C@H](NC(=O)NCc1cccnc1)c1nnc2n1CCC2. The molecule has 0 radical (unpaired) electrons. The van der Waals surface area contributed by atoms with Crippen molar-refractivity contribution in [1.29, 1.82) is 0 Å². The van der Waals surface area contributed by atoms with Gasteiger partial charge < -0.3 is 15.2 Å². The van der Waals surface area contributed by atoms with E-state index in [4.69, 9.17) is 0 Å². The Morgan fingerprint density at radius 2 is 2.26 bits per heavy atom. The third-order valence-electron chi connectivity index (χ3n) is 4.05. The van der Waals surface area contributed by atoms with Gasteiger partial charge >= 0.3 is 6.03 Å². The summed E-state index contributed by atoms with van der Waals surface area (Å²) in [6, 6.07) is 3.43. The van der Waals surface area contributed by atoms with Crippen molar-refractivity contribution in [3.05, 3.63) is 41.7 Å². The molecule has 1 aliphatic heterocycles. The number of pyridine rings is 1. The predicted octanol–water partition coefficient (Wildman–Crippen LogP) is 1.82. The van der Waals surface area contributed by atoms with Gasteiger partial charge in [0.05, 0.1) is 6.04 Å². The molecule has 0 saturated carbocycles. The minimum Gasteiger partial charge on any atom is -0.334 e. The highest BCUT2D eigenvalue weighted by molar-refractivity contribution is 5.74. The van der Waals surface area contributed by atoms with Crippen molar-refractivity contribution in [2.24, 2.45) is 5.92 Å². The van der Waals surface area contributed by atoms with Crippen molar-refractivity contribution in [2.75, 3.05) is 0 Å². The Kier molecular flexibility index (Phi) is 4.55. The van der Waals surface area contributed by atoms with Crippen LogP contribution in [0.15, 0.2) is 24.5 Å². The van der Waals surface area contributed by atoms with Crippen LogP contribution in [-0.2, 0) is 19.5 Å². The van der Waals surface area contributed by atoms with Crippen molar-refractivity contribution in [3.63, 3.8) is 0 Å². The second kappa shape index (κ2) is 6.76. The Balaban J connectivity index is 1.64. The summed E-state index contributed by atoms with van der Waals surface area (Å²) in [6.45, 7) is 5.52. The maximum Gasteiger partial charge on any atom is 0.315 e. The lowest BCUT2D eigenvalue weighted by molar-refractivity contribution is 0.231. The first-order valence-electron chi connectivity index (χ1n) is 8.00. The summed E-state index contributed by atoms with van der Waals surface area (Å²) in [5.74, 6) is 2.10. The standard InChI is InChI=1S/C16H22N6O/c1-11(2)14(15-21-20-13-6-4-8-22(13)15)19-16(23)18-10-12-5-3-7-17-9-12/h3,5,7,9,11,14H,4,6,8,10H2,1-2H3,(H2,18,19,23)/t14-/m0/s1. The molecule has 0 bridgehead atoms. The number of nitrogens with zero attached hydrogens (tertiary/aromatic N) is 4. The molecular formula is C16H22N6O. The van der Waals surface area contributed by atoms with Gasteiger partial charge in [0.2, 0.25) is 0 Å². The minimum absolute atomic E-state index is 0.150. The predicted molar refractivity (Wildman–Crippen MR) is 85.5 cm³/mol. The highest BCUT2D eigenvalue weighted by Gasteiger charge is 2.27. The van der Waals surface area contributed by atoms with Gasteiger partial charge in [-0.3, -0.25) is 4.98 Å². The molecule has 2 aromatic heterocycles. The fourth-order valence-corrected chi connectivity index (χ4v) is 2.81. The molecule has 122 valence electrons. The number of nitrogens with one attached hydrogen (secondary N) is 2. The number of carbonyl (C=O) groups is 1. The van der Waals surface area contributed by atoms with Crippen LogP contribution in [0.1, 0.15) is 43.5 Å². The molecule has 3 heterocycles. The van der Waals surface area contributed by atoms with Crippen LogP contribution < -0.4 is 10.6 Å². The lowest BCUT2D eigenvalue weighted by Crippen LogP contribution is -2.40. The maximum atomic E-state index is 12.2. The number of aryl methyl sites for hydroxylation is 1. The van der Waals surface area contributed by atoms with E-state index in [9.17, 15) is 4.79 Å². The largest absolute Gasteiger partial charge is 0.334 e. The monoisotopic (exact) mass is 314 g/mol. The van der Waals surface area contributed by atoms with E-state index in [-0.39, 0.29) is 18.0 Å². The van der Waals surface area contributed by atoms with Gasteiger partial charge in [0.15, 0.2) is 5.82 Å². The normalized spacial score (nSPS) is 14.6. The van der Waals surface area contributed by atoms with Crippen LogP contribution in [0.2, 0.25) is 0 Å². The number of hydrogen-bond donors (Lipinski definition) is 2. The Morgan fingerprint density at radius 1 is 1.39 bits per heavy atom. The van der Waals surface area contributed by atoms with Crippen LogP contribution in [0.4, 0.5) is 4.79 Å². The van der Waals surface area contributed by atoms with Crippen LogP contribution >= 0.6 is 0 Å². The van der Waals surface area contributed by atoms with Gasteiger partial charge in [0, 0.05) is 31.9 Å². The van der Waals surface area contributed by atoms with Crippen molar-refractivity contribution < 1.29 is 4.79 Å². The van der Waals surface area contributed by atoms with Crippen molar-refractivity contribution in [3.8, 4) is 0 Å². The number of hydrogen-bond acceptors (Lipinski definition) is 4. The lowest BCUT2D eigenvalue weighted by atomic mass is 10.0. The molecule has 0 fully saturated rings. The van der Waals surface area contributed by atoms with Gasteiger partial charge in [-0.1, -0.05) is 19.9 Å². The molecule has 1 atom stereocenters. The summed E-state index contributed by atoms with van der Waals surface area (Å²) in [5, 5.41) is 14.4. The molecule has 0 spiro atoms. The molecule has 0 aromatic carbocycles. The first-order valence-corrected chi connectivity index (χ1v) is 8.00. The fraction of sp³-hybridized carbons (Fsp3) is 0.500. The first-order chi connectivity index (χ1) is 11.1. The highest BCUT2D eigenvalue weighted by Crippen LogP contribution is 2.24. The number of urea groups is 1. The summed E-state index contributed by atoms with van der Waals surface area (Å²) in [5.41, 5.74) is 0.965. The van der Waals surface area contributed by atoms with Crippen LogP contribution in [0.3, 0.4) is 0 Å². The topological polar surface area (TPSA) is 84.7 Å². The molecule has 0 saturated heterocycles. The summed E-state index contributed by atoms with van der Waals surface area (Å²) >= 11 is 0. The van der Waals surface area contributed by atoms with E-state index >= 15 is 0 Å². The van der Waals surface area contributed by atoms with Crippen molar-refractivity contribution >= 4 is 6.03 Å². The van der Waals surface area contributed by atoms with Crippen LogP contribution in [0.5, 0.6) is 0 Å².